The van der Waals surface area contributed by atoms with Gasteiger partial charge >= 0.3 is 0 Å². The van der Waals surface area contributed by atoms with E-state index in [4.69, 9.17) is 16.3 Å². The van der Waals surface area contributed by atoms with Crippen molar-refractivity contribution in [2.75, 3.05) is 0 Å². The molecule has 0 saturated heterocycles. The molecule has 0 amide bonds. The van der Waals surface area contributed by atoms with E-state index >= 15 is 0 Å². The average Bonchev–Trinajstić information content (AvgIpc) is 2.03. The van der Waals surface area contributed by atoms with Crippen molar-refractivity contribution in [3.05, 3.63) is 28.2 Å². The Labute approximate surface area is 83.3 Å². The highest BCUT2D eigenvalue weighted by Crippen LogP contribution is 2.25. The molecule has 0 heterocycles. The summed E-state index contributed by atoms with van der Waals surface area (Å²) >= 11 is 4.39. The smallest absolute Gasteiger partial charge is 0.125 e. The molecule has 0 bridgehead atoms. The third-order valence-electron chi connectivity index (χ3n) is 1.37. The normalized spacial score (nSPS) is 9.83. The summed E-state index contributed by atoms with van der Waals surface area (Å²) in [6.07, 6.45) is 0. The average molecular weight is 246 g/mol. The van der Waals surface area contributed by atoms with Crippen LogP contribution in [0.15, 0.2) is 27.6 Å². The van der Waals surface area contributed by atoms with E-state index in [0.29, 0.717) is 5.56 Å². The maximum Gasteiger partial charge on any atom is 0.125 e. The summed E-state index contributed by atoms with van der Waals surface area (Å²) in [4.78, 5) is 0.803. The molecule has 5 N–H and O–H groups in total. The molecule has 0 aliphatic rings. The standard InChI is InChI=1S/C7H8BrN3S/c8-4-2-1-3-5(12-11)6(4)7(9)10/h1-3H,11H2,(H3,9,10). The van der Waals surface area contributed by atoms with Crippen LogP contribution < -0.4 is 10.9 Å². The van der Waals surface area contributed by atoms with Gasteiger partial charge < -0.3 is 5.73 Å². The van der Waals surface area contributed by atoms with Gasteiger partial charge in [-0.25, -0.2) is 0 Å². The Balaban J connectivity index is 3.29. The summed E-state index contributed by atoms with van der Waals surface area (Å²) in [6.45, 7) is 0. The molecule has 0 radical (unpaired) electrons. The first-order chi connectivity index (χ1) is 5.66. The van der Waals surface area contributed by atoms with Gasteiger partial charge in [-0.3, -0.25) is 10.5 Å². The van der Waals surface area contributed by atoms with Crippen LogP contribution in [0, 0.1) is 5.41 Å². The largest absolute Gasteiger partial charge is 0.384 e. The quantitative estimate of drug-likeness (QED) is 0.422. The lowest BCUT2D eigenvalue weighted by molar-refractivity contribution is 1.32. The van der Waals surface area contributed by atoms with Gasteiger partial charge in [-0.15, -0.1) is 0 Å². The van der Waals surface area contributed by atoms with Gasteiger partial charge in [0.15, 0.2) is 0 Å². The summed E-state index contributed by atoms with van der Waals surface area (Å²) in [6, 6.07) is 5.51. The van der Waals surface area contributed by atoms with Crippen molar-refractivity contribution in [2.45, 2.75) is 4.90 Å². The van der Waals surface area contributed by atoms with Crippen LogP contribution in [-0.4, -0.2) is 5.84 Å². The number of hydrogen-bond acceptors (Lipinski definition) is 3. The molecule has 0 atom stereocenters. The van der Waals surface area contributed by atoms with Crippen LogP contribution in [0.4, 0.5) is 0 Å². The zero-order valence-electron chi connectivity index (χ0n) is 6.17. The number of nitrogens with two attached hydrogens (primary N) is 2. The van der Waals surface area contributed by atoms with Crippen LogP contribution >= 0.6 is 27.9 Å². The fourth-order valence-electron chi connectivity index (χ4n) is 0.864. The number of halogens is 1. The first-order valence-corrected chi connectivity index (χ1v) is 4.83. The number of nitrogens with one attached hydrogen (secondary N) is 1. The molecule has 1 rings (SSSR count). The number of nitrogen functional groups attached to an aromatic ring is 1. The highest BCUT2D eigenvalue weighted by molar-refractivity contribution is 9.10. The molecule has 0 spiro atoms. The lowest BCUT2D eigenvalue weighted by Crippen LogP contribution is -2.13. The van der Waals surface area contributed by atoms with Crippen molar-refractivity contribution in [3.63, 3.8) is 0 Å². The molecule has 3 nitrogen and oxygen atoms in total. The lowest BCUT2D eigenvalue weighted by Gasteiger charge is -2.06. The second-order valence-electron chi connectivity index (χ2n) is 2.14. The molecule has 0 aromatic heterocycles. The number of benzene rings is 1. The fourth-order valence-corrected chi connectivity index (χ4v) is 2.07. The Morgan fingerprint density at radius 3 is 2.58 bits per heavy atom. The summed E-state index contributed by atoms with van der Waals surface area (Å²) < 4.78 is 0.797. The van der Waals surface area contributed by atoms with Crippen molar-refractivity contribution in [1.82, 2.24) is 0 Å². The Kier molecular flexibility index (Phi) is 3.13. The minimum atomic E-state index is 0.0235. The van der Waals surface area contributed by atoms with Crippen LogP contribution in [0.5, 0.6) is 0 Å². The molecule has 0 fully saturated rings. The Hall–Kier alpha value is -0.520. The maximum atomic E-state index is 7.30. The van der Waals surface area contributed by atoms with E-state index in [1.165, 1.54) is 0 Å². The number of amidine groups is 1. The lowest BCUT2D eigenvalue weighted by atomic mass is 10.2. The van der Waals surface area contributed by atoms with Gasteiger partial charge in [0.2, 0.25) is 0 Å². The van der Waals surface area contributed by atoms with Crippen molar-refractivity contribution >= 4 is 33.7 Å². The highest BCUT2D eigenvalue weighted by Gasteiger charge is 2.07. The Morgan fingerprint density at radius 1 is 1.50 bits per heavy atom. The first kappa shape index (κ1) is 9.57. The molecule has 1 aromatic rings. The van der Waals surface area contributed by atoms with Crippen molar-refractivity contribution in [1.29, 1.82) is 5.41 Å². The van der Waals surface area contributed by atoms with E-state index in [9.17, 15) is 0 Å². The van der Waals surface area contributed by atoms with Crippen molar-refractivity contribution in [3.8, 4) is 0 Å². The molecule has 0 aliphatic heterocycles. The highest BCUT2D eigenvalue weighted by atomic mass is 79.9. The summed E-state index contributed by atoms with van der Waals surface area (Å²) in [5.74, 6) is 0.0235. The zero-order valence-corrected chi connectivity index (χ0v) is 8.58. The molecule has 12 heavy (non-hydrogen) atoms. The van der Waals surface area contributed by atoms with Crippen LogP contribution in [0.3, 0.4) is 0 Å². The van der Waals surface area contributed by atoms with Crippen LogP contribution in [0.25, 0.3) is 0 Å². The van der Waals surface area contributed by atoms with Crippen molar-refractivity contribution < 1.29 is 0 Å². The molecular formula is C7H8BrN3S. The second kappa shape index (κ2) is 3.93. The molecule has 0 unspecified atom stereocenters. The van der Waals surface area contributed by atoms with Gasteiger partial charge in [-0.05, 0) is 40.0 Å². The van der Waals surface area contributed by atoms with E-state index in [2.05, 4.69) is 15.9 Å². The van der Waals surface area contributed by atoms with E-state index in [-0.39, 0.29) is 5.84 Å². The van der Waals surface area contributed by atoms with E-state index in [1.807, 2.05) is 18.2 Å². The molecule has 0 saturated carbocycles. The predicted molar refractivity (Wildman–Crippen MR) is 55.2 cm³/mol. The Bertz CT molecular complexity index is 314. The fraction of sp³-hybridized carbons (Fsp3) is 0. The molecular weight excluding hydrogens is 238 g/mol. The van der Waals surface area contributed by atoms with Crippen LogP contribution in [0.1, 0.15) is 5.56 Å². The van der Waals surface area contributed by atoms with E-state index < -0.39 is 0 Å². The van der Waals surface area contributed by atoms with Crippen molar-refractivity contribution in [2.24, 2.45) is 10.9 Å². The third-order valence-corrected chi connectivity index (χ3v) is 2.63. The monoisotopic (exact) mass is 245 g/mol. The van der Waals surface area contributed by atoms with Crippen LogP contribution in [-0.2, 0) is 0 Å². The number of hydrogen-bond donors (Lipinski definition) is 3. The summed E-state index contributed by atoms with van der Waals surface area (Å²) in [7, 11) is 0. The maximum absolute atomic E-state index is 7.30. The summed E-state index contributed by atoms with van der Waals surface area (Å²) in [5, 5.41) is 12.7. The summed E-state index contributed by atoms with van der Waals surface area (Å²) in [5.41, 5.74) is 6.03. The number of rotatable bonds is 2. The predicted octanol–water partition coefficient (Wildman–Crippen LogP) is 1.70. The third kappa shape index (κ3) is 1.80. The molecule has 64 valence electrons. The van der Waals surface area contributed by atoms with Gasteiger partial charge in [-0.2, -0.15) is 0 Å². The van der Waals surface area contributed by atoms with Crippen LogP contribution in [0.2, 0.25) is 0 Å². The minimum absolute atomic E-state index is 0.0235. The minimum Gasteiger partial charge on any atom is -0.384 e. The van der Waals surface area contributed by atoms with Gasteiger partial charge in [0.1, 0.15) is 5.84 Å². The van der Waals surface area contributed by atoms with Gasteiger partial charge in [-0.1, -0.05) is 6.07 Å². The molecule has 0 aliphatic carbocycles. The zero-order chi connectivity index (χ0) is 9.14. The van der Waals surface area contributed by atoms with Gasteiger partial charge in [0.05, 0.1) is 0 Å². The Morgan fingerprint density at radius 2 is 2.17 bits per heavy atom. The molecule has 5 heteroatoms. The second-order valence-corrected chi connectivity index (χ2v) is 3.67. The van der Waals surface area contributed by atoms with E-state index in [0.717, 1.165) is 21.3 Å². The first-order valence-electron chi connectivity index (χ1n) is 3.16. The molecule has 1 aromatic carbocycles. The topological polar surface area (TPSA) is 75.9 Å². The SMILES string of the molecule is N=C(N)c1c(Br)cccc1SN. The van der Waals surface area contributed by atoms with E-state index in [1.54, 1.807) is 0 Å². The van der Waals surface area contributed by atoms with Gasteiger partial charge in [0.25, 0.3) is 0 Å². The van der Waals surface area contributed by atoms with Gasteiger partial charge in [0, 0.05) is 14.9 Å².